The third-order valence-electron chi connectivity index (χ3n) is 8.16. The Bertz CT molecular complexity index is 1680. The molecule has 1 aliphatic rings. The summed E-state index contributed by atoms with van der Waals surface area (Å²) in [5, 5.41) is 10.2. The average molecular weight is 454 g/mol. The van der Waals surface area contributed by atoms with Crippen LogP contribution in [-0.4, -0.2) is 18.3 Å². The molecule has 0 aromatic heterocycles. The van der Waals surface area contributed by atoms with Crippen molar-refractivity contribution in [2.24, 2.45) is 0 Å². The molecule has 0 bridgehead atoms. The van der Waals surface area contributed by atoms with Crippen LogP contribution in [0.4, 0.5) is 0 Å². The molecule has 0 spiro atoms. The van der Waals surface area contributed by atoms with E-state index in [0.717, 1.165) is 5.46 Å². The molecule has 0 atom stereocenters. The highest BCUT2D eigenvalue weighted by Gasteiger charge is 2.51. The molecular weight excluding hydrogens is 427 g/mol. The van der Waals surface area contributed by atoms with Gasteiger partial charge in [0, 0.05) is 0 Å². The van der Waals surface area contributed by atoms with Crippen LogP contribution in [0.5, 0.6) is 0 Å². The van der Waals surface area contributed by atoms with Crippen molar-refractivity contribution in [3.05, 3.63) is 91.0 Å². The molecule has 0 unspecified atom stereocenters. The zero-order valence-corrected chi connectivity index (χ0v) is 20.6. The van der Waals surface area contributed by atoms with Crippen LogP contribution in [0.3, 0.4) is 0 Å². The zero-order valence-electron chi connectivity index (χ0n) is 20.6. The number of hydrogen-bond donors (Lipinski definition) is 0. The maximum atomic E-state index is 6.35. The van der Waals surface area contributed by atoms with Crippen LogP contribution in [0.2, 0.25) is 0 Å². The summed E-state index contributed by atoms with van der Waals surface area (Å²) in [6, 6.07) is 33.4. The summed E-state index contributed by atoms with van der Waals surface area (Å²) in [5.74, 6) is 0. The molecule has 1 aliphatic heterocycles. The van der Waals surface area contributed by atoms with E-state index in [1.54, 1.807) is 0 Å². The van der Waals surface area contributed by atoms with E-state index in [0.29, 0.717) is 0 Å². The van der Waals surface area contributed by atoms with Crippen LogP contribution in [0.1, 0.15) is 27.7 Å². The van der Waals surface area contributed by atoms with E-state index in [1.807, 2.05) is 0 Å². The maximum Gasteiger partial charge on any atom is 0.494 e. The van der Waals surface area contributed by atoms with Crippen LogP contribution in [0.25, 0.3) is 54.2 Å². The van der Waals surface area contributed by atoms with E-state index in [-0.39, 0.29) is 18.3 Å². The minimum absolute atomic E-state index is 0.352. The summed E-state index contributed by atoms with van der Waals surface area (Å²) in [6.45, 7) is 8.41. The molecule has 6 aromatic rings. The molecule has 0 N–H and O–H groups in total. The molecule has 3 heteroatoms. The lowest BCUT2D eigenvalue weighted by Crippen LogP contribution is -2.41. The van der Waals surface area contributed by atoms with Crippen molar-refractivity contribution in [2.45, 2.75) is 38.9 Å². The minimum atomic E-state index is -0.360. The fraction of sp³-hybridized carbons (Fsp3) is 0.188. The predicted molar refractivity (Wildman–Crippen MR) is 149 cm³/mol. The SMILES string of the molecule is CC1(C)OB(c2cc3ccc4cc(-c5ccc6ccccc6c5)cc5ccc(c2)c3c45)OC1(C)C. The molecule has 6 aromatic carbocycles. The van der Waals surface area contributed by atoms with E-state index in [2.05, 4.69) is 119 Å². The van der Waals surface area contributed by atoms with Gasteiger partial charge in [-0.05, 0) is 106 Å². The predicted octanol–water partition coefficient (Wildman–Crippen LogP) is 7.70. The Morgan fingerprint density at radius 1 is 0.486 bits per heavy atom. The van der Waals surface area contributed by atoms with Crippen molar-refractivity contribution in [3.8, 4) is 11.1 Å². The van der Waals surface area contributed by atoms with Crippen molar-refractivity contribution in [1.29, 1.82) is 0 Å². The van der Waals surface area contributed by atoms with E-state index >= 15 is 0 Å². The maximum absolute atomic E-state index is 6.35. The van der Waals surface area contributed by atoms with Gasteiger partial charge in [-0.25, -0.2) is 0 Å². The molecule has 35 heavy (non-hydrogen) atoms. The van der Waals surface area contributed by atoms with Gasteiger partial charge in [-0.3, -0.25) is 0 Å². The standard InChI is InChI=1S/C32H27BO2/c1-31(2)32(3,4)35-33(34-31)28-18-25-13-11-23-16-27(17-24-12-14-26(19-28)30(25)29(23)24)22-10-9-20-7-5-6-8-21(20)15-22/h5-19H,1-4H3. The normalized spacial score (nSPS) is 17.3. The first-order valence-electron chi connectivity index (χ1n) is 12.4. The van der Waals surface area contributed by atoms with E-state index in [1.165, 1.54) is 54.2 Å². The topological polar surface area (TPSA) is 18.5 Å². The molecular formula is C32H27BO2. The molecule has 1 saturated heterocycles. The lowest BCUT2D eigenvalue weighted by Gasteiger charge is -2.32. The summed E-state index contributed by atoms with van der Waals surface area (Å²) in [5.41, 5.74) is 2.87. The zero-order chi connectivity index (χ0) is 23.9. The van der Waals surface area contributed by atoms with Crippen molar-refractivity contribution in [2.75, 3.05) is 0 Å². The third kappa shape index (κ3) is 3.12. The van der Waals surface area contributed by atoms with Gasteiger partial charge in [-0.2, -0.15) is 0 Å². The molecule has 0 saturated carbocycles. The summed E-state index contributed by atoms with van der Waals surface area (Å²) >= 11 is 0. The molecule has 0 aliphatic carbocycles. The fourth-order valence-corrected chi connectivity index (χ4v) is 5.51. The van der Waals surface area contributed by atoms with Gasteiger partial charge in [-0.15, -0.1) is 0 Å². The smallest absolute Gasteiger partial charge is 0.399 e. The number of benzene rings is 6. The summed E-state index contributed by atoms with van der Waals surface area (Å²) in [6.07, 6.45) is 0. The summed E-state index contributed by atoms with van der Waals surface area (Å²) in [4.78, 5) is 0. The van der Waals surface area contributed by atoms with Crippen LogP contribution in [-0.2, 0) is 9.31 Å². The number of hydrogen-bond acceptors (Lipinski definition) is 2. The Hall–Kier alpha value is -3.40. The summed E-state index contributed by atoms with van der Waals surface area (Å²) in [7, 11) is -0.360. The molecule has 170 valence electrons. The van der Waals surface area contributed by atoms with Gasteiger partial charge in [0.2, 0.25) is 0 Å². The van der Waals surface area contributed by atoms with Gasteiger partial charge in [0.05, 0.1) is 11.2 Å². The highest BCUT2D eigenvalue weighted by Crippen LogP contribution is 2.39. The number of fused-ring (bicyclic) bond motifs is 1. The Morgan fingerprint density at radius 3 is 1.51 bits per heavy atom. The van der Waals surface area contributed by atoms with Gasteiger partial charge < -0.3 is 9.31 Å². The highest BCUT2D eigenvalue weighted by molar-refractivity contribution is 6.62. The number of rotatable bonds is 2. The van der Waals surface area contributed by atoms with Gasteiger partial charge in [0.1, 0.15) is 0 Å². The Morgan fingerprint density at radius 2 is 0.943 bits per heavy atom. The molecule has 1 heterocycles. The largest absolute Gasteiger partial charge is 0.494 e. The Kier molecular flexibility index (Phi) is 4.23. The van der Waals surface area contributed by atoms with Crippen molar-refractivity contribution in [3.63, 3.8) is 0 Å². The first-order valence-corrected chi connectivity index (χ1v) is 12.4. The minimum Gasteiger partial charge on any atom is -0.399 e. The fourth-order valence-electron chi connectivity index (χ4n) is 5.51. The first kappa shape index (κ1) is 20.9. The average Bonchev–Trinajstić information content (AvgIpc) is 3.08. The van der Waals surface area contributed by atoms with Gasteiger partial charge in [0.25, 0.3) is 0 Å². The van der Waals surface area contributed by atoms with E-state index < -0.39 is 0 Å². The molecule has 1 fully saturated rings. The third-order valence-corrected chi connectivity index (χ3v) is 8.16. The van der Waals surface area contributed by atoms with Gasteiger partial charge >= 0.3 is 7.12 Å². The lowest BCUT2D eigenvalue weighted by molar-refractivity contribution is 0.00578. The van der Waals surface area contributed by atoms with Crippen LogP contribution < -0.4 is 5.46 Å². The first-order chi connectivity index (χ1) is 16.8. The van der Waals surface area contributed by atoms with E-state index in [9.17, 15) is 0 Å². The van der Waals surface area contributed by atoms with Crippen molar-refractivity contribution >= 4 is 55.7 Å². The Labute approximate surface area is 205 Å². The molecule has 0 radical (unpaired) electrons. The molecule has 0 amide bonds. The quantitative estimate of drug-likeness (QED) is 0.197. The Balaban J connectivity index is 1.38. The van der Waals surface area contributed by atoms with Gasteiger partial charge in [0.15, 0.2) is 0 Å². The monoisotopic (exact) mass is 454 g/mol. The molecule has 7 rings (SSSR count). The second kappa shape index (κ2) is 7.07. The van der Waals surface area contributed by atoms with Crippen LogP contribution in [0.15, 0.2) is 91.0 Å². The lowest BCUT2D eigenvalue weighted by atomic mass is 9.76. The summed E-state index contributed by atoms with van der Waals surface area (Å²) < 4.78 is 12.7. The van der Waals surface area contributed by atoms with E-state index in [4.69, 9.17) is 9.31 Å². The van der Waals surface area contributed by atoms with Crippen molar-refractivity contribution < 1.29 is 9.31 Å². The highest BCUT2D eigenvalue weighted by atomic mass is 16.7. The van der Waals surface area contributed by atoms with Crippen LogP contribution in [0, 0.1) is 0 Å². The second-order valence-electron chi connectivity index (χ2n) is 10.9. The van der Waals surface area contributed by atoms with Crippen LogP contribution >= 0.6 is 0 Å². The molecule has 2 nitrogen and oxygen atoms in total. The van der Waals surface area contributed by atoms with Gasteiger partial charge in [-0.1, -0.05) is 72.8 Å². The van der Waals surface area contributed by atoms with Crippen molar-refractivity contribution in [1.82, 2.24) is 0 Å². The second-order valence-corrected chi connectivity index (χ2v) is 10.9.